The van der Waals surface area contributed by atoms with E-state index in [1.54, 1.807) is 0 Å². The maximum Gasteiger partial charge on any atom is 0.397 e. The Balaban J connectivity index is 2.56. The number of rotatable bonds is 34. The van der Waals surface area contributed by atoms with Crippen LogP contribution in [-0.4, -0.2) is 95.4 Å². The van der Waals surface area contributed by atoms with Crippen LogP contribution >= 0.6 is 0 Å². The Morgan fingerprint density at radius 1 is 0.706 bits per heavy atom. The van der Waals surface area contributed by atoms with Crippen molar-refractivity contribution in [2.45, 2.75) is 224 Å². The molecule has 1 fully saturated rings. The van der Waals surface area contributed by atoms with Gasteiger partial charge >= 0.3 is 10.4 Å². The molecule has 7 atom stereocenters. The highest BCUT2D eigenvalue weighted by Gasteiger charge is 2.48. The molecule has 0 saturated carbocycles. The second-order valence-electron chi connectivity index (χ2n) is 14.6. The number of aliphatic hydroxyl groups excluding tert-OH is 4. The van der Waals surface area contributed by atoms with Crippen molar-refractivity contribution in [1.82, 2.24) is 5.32 Å². The molecular weight excluding hydrogens is 678 g/mol. The molecule has 51 heavy (non-hydrogen) atoms. The average Bonchev–Trinajstić information content (AvgIpc) is 3.09. The van der Waals surface area contributed by atoms with E-state index < -0.39 is 59.9 Å². The van der Waals surface area contributed by atoms with Crippen molar-refractivity contribution in [1.29, 1.82) is 0 Å². The molecule has 0 aliphatic carbocycles. The summed E-state index contributed by atoms with van der Waals surface area (Å²) in [7, 11) is -5.06. The second-order valence-corrected chi connectivity index (χ2v) is 15.6. The van der Waals surface area contributed by atoms with E-state index in [-0.39, 0.29) is 12.5 Å². The molecule has 7 unspecified atom stereocenters. The molecule has 0 radical (unpaired) electrons. The van der Waals surface area contributed by atoms with Gasteiger partial charge in [0.1, 0.15) is 24.4 Å². The Hall–Kier alpha value is -0.900. The largest absolute Gasteiger partial charge is 0.397 e. The van der Waals surface area contributed by atoms with E-state index in [9.17, 15) is 33.6 Å². The first-order valence-electron chi connectivity index (χ1n) is 20.4. The zero-order chi connectivity index (χ0) is 37.7. The molecule has 0 aromatic carbocycles. The number of nitrogens with one attached hydrogen (secondary N) is 1. The zero-order valence-corrected chi connectivity index (χ0v) is 32.8. The summed E-state index contributed by atoms with van der Waals surface area (Å²) in [6.07, 6.45) is 19.7. The van der Waals surface area contributed by atoms with Gasteiger partial charge in [0.15, 0.2) is 6.29 Å². The van der Waals surface area contributed by atoms with E-state index in [4.69, 9.17) is 14.0 Å². The second kappa shape index (κ2) is 30.4. The van der Waals surface area contributed by atoms with Crippen LogP contribution in [0.2, 0.25) is 0 Å². The van der Waals surface area contributed by atoms with Crippen LogP contribution in [0.15, 0.2) is 0 Å². The monoisotopic (exact) mass is 754 g/mol. The molecule has 13 heteroatoms. The summed E-state index contributed by atoms with van der Waals surface area (Å²) in [6.45, 7) is 3.41. The molecule has 1 rings (SSSR count). The standard InChI is InChI=1S/C38H75NO11S/c1-3-5-7-9-11-13-15-16-17-18-20-22-24-26-28-34(42)39-31(32(41)27-25-23-21-19-14-12-10-8-6-4-2)30-48-38-36(44)37(50-51(45,46)47)35(43)33(29-40)49-38/h31-33,35-38,40-41,43-44H,3-30H2,1-2H3,(H,39,42)(H,45,46,47). The fourth-order valence-corrected chi connectivity index (χ4v) is 7.20. The van der Waals surface area contributed by atoms with Crippen molar-refractivity contribution in [2.24, 2.45) is 0 Å². The Kier molecular flexibility index (Phi) is 28.7. The van der Waals surface area contributed by atoms with Crippen molar-refractivity contribution in [3.05, 3.63) is 0 Å². The van der Waals surface area contributed by atoms with Gasteiger partial charge in [0.2, 0.25) is 5.91 Å². The third-order valence-electron chi connectivity index (χ3n) is 9.92. The number of hydrogen-bond donors (Lipinski definition) is 6. The predicted octanol–water partition coefficient (Wildman–Crippen LogP) is 6.66. The third-order valence-corrected chi connectivity index (χ3v) is 10.4. The van der Waals surface area contributed by atoms with Crippen LogP contribution in [0.25, 0.3) is 0 Å². The molecule has 1 heterocycles. The molecule has 12 nitrogen and oxygen atoms in total. The summed E-state index contributed by atoms with van der Waals surface area (Å²) in [5, 5.41) is 44.6. The lowest BCUT2D eigenvalue weighted by Crippen LogP contribution is -2.61. The van der Waals surface area contributed by atoms with Crippen LogP contribution in [0.4, 0.5) is 0 Å². The van der Waals surface area contributed by atoms with E-state index in [0.717, 1.165) is 51.4 Å². The Bertz CT molecular complexity index is 941. The summed E-state index contributed by atoms with van der Waals surface area (Å²) < 4.78 is 47.4. The summed E-state index contributed by atoms with van der Waals surface area (Å²) in [5.41, 5.74) is 0. The van der Waals surface area contributed by atoms with Gasteiger partial charge in [-0.05, 0) is 12.8 Å². The fraction of sp³-hybridized carbons (Fsp3) is 0.974. The number of carbonyl (C=O) groups is 1. The first-order valence-corrected chi connectivity index (χ1v) is 21.8. The Morgan fingerprint density at radius 2 is 1.14 bits per heavy atom. The van der Waals surface area contributed by atoms with Gasteiger partial charge in [-0.2, -0.15) is 8.42 Å². The minimum absolute atomic E-state index is 0.231. The molecule has 0 aromatic rings. The Labute approximate surface area is 309 Å². The molecule has 1 saturated heterocycles. The number of unbranched alkanes of at least 4 members (excludes halogenated alkanes) is 22. The molecule has 304 valence electrons. The number of ether oxygens (including phenoxy) is 2. The van der Waals surface area contributed by atoms with E-state index in [0.29, 0.717) is 12.8 Å². The van der Waals surface area contributed by atoms with Gasteiger partial charge in [-0.25, -0.2) is 4.18 Å². The van der Waals surface area contributed by atoms with Gasteiger partial charge in [-0.15, -0.1) is 0 Å². The smallest absolute Gasteiger partial charge is 0.394 e. The lowest BCUT2D eigenvalue weighted by molar-refractivity contribution is -0.298. The van der Waals surface area contributed by atoms with Crippen LogP contribution < -0.4 is 5.32 Å². The summed E-state index contributed by atoms with van der Waals surface area (Å²) in [4.78, 5) is 12.9. The van der Waals surface area contributed by atoms with Crippen molar-refractivity contribution in [2.75, 3.05) is 13.2 Å². The zero-order valence-electron chi connectivity index (χ0n) is 31.9. The van der Waals surface area contributed by atoms with Crippen LogP contribution in [-0.2, 0) is 28.9 Å². The van der Waals surface area contributed by atoms with E-state index in [2.05, 4.69) is 23.3 Å². The summed E-state index contributed by atoms with van der Waals surface area (Å²) >= 11 is 0. The number of carbonyl (C=O) groups excluding carboxylic acids is 1. The highest BCUT2D eigenvalue weighted by atomic mass is 32.3. The molecule has 1 aliphatic heterocycles. The first-order chi connectivity index (χ1) is 24.5. The van der Waals surface area contributed by atoms with Crippen LogP contribution in [0, 0.1) is 0 Å². The van der Waals surface area contributed by atoms with Gasteiger partial charge in [0, 0.05) is 6.42 Å². The van der Waals surface area contributed by atoms with Gasteiger partial charge in [-0.1, -0.05) is 162 Å². The van der Waals surface area contributed by atoms with Crippen molar-refractivity contribution in [3.63, 3.8) is 0 Å². The summed E-state index contributed by atoms with van der Waals surface area (Å²) in [6, 6.07) is -0.848. The molecule has 1 aliphatic rings. The van der Waals surface area contributed by atoms with Crippen LogP contribution in [0.3, 0.4) is 0 Å². The highest BCUT2D eigenvalue weighted by Crippen LogP contribution is 2.26. The maximum absolute atomic E-state index is 12.9. The SMILES string of the molecule is CCCCCCCCCCCCCCCCC(=O)NC(COC1OC(CO)C(O)C(OS(=O)(=O)O)C1O)C(O)CCCCCCCCCCCC. The topological polar surface area (TPSA) is 192 Å². The highest BCUT2D eigenvalue weighted by molar-refractivity contribution is 7.80. The fourth-order valence-electron chi connectivity index (χ4n) is 6.69. The molecule has 0 spiro atoms. The van der Waals surface area contributed by atoms with Gasteiger partial charge in [0.05, 0.1) is 25.4 Å². The number of hydrogen-bond acceptors (Lipinski definition) is 10. The lowest BCUT2D eigenvalue weighted by atomic mass is 9.99. The minimum Gasteiger partial charge on any atom is -0.394 e. The predicted molar refractivity (Wildman–Crippen MR) is 199 cm³/mol. The van der Waals surface area contributed by atoms with E-state index in [1.165, 1.54) is 103 Å². The van der Waals surface area contributed by atoms with Crippen molar-refractivity contribution < 1.29 is 51.8 Å². The van der Waals surface area contributed by atoms with Crippen molar-refractivity contribution >= 4 is 16.3 Å². The molecule has 1 amide bonds. The first kappa shape index (κ1) is 48.1. The molecule has 6 N–H and O–H groups in total. The van der Waals surface area contributed by atoms with Gasteiger partial charge < -0.3 is 35.2 Å². The normalized spacial score (nSPS) is 22.2. The minimum atomic E-state index is -5.06. The quantitative estimate of drug-likeness (QED) is 0.0304. The number of aliphatic hydroxyl groups is 4. The van der Waals surface area contributed by atoms with Crippen molar-refractivity contribution in [3.8, 4) is 0 Å². The number of amides is 1. The van der Waals surface area contributed by atoms with E-state index >= 15 is 0 Å². The van der Waals surface area contributed by atoms with Crippen LogP contribution in [0.1, 0.15) is 181 Å². The molecule has 0 aromatic heterocycles. The van der Waals surface area contributed by atoms with E-state index in [1.807, 2.05) is 0 Å². The maximum atomic E-state index is 12.9. The lowest BCUT2D eigenvalue weighted by Gasteiger charge is -2.41. The summed E-state index contributed by atoms with van der Waals surface area (Å²) in [5.74, 6) is -0.231. The van der Waals surface area contributed by atoms with Gasteiger partial charge in [0.25, 0.3) is 0 Å². The molecule has 0 bridgehead atoms. The third kappa shape index (κ3) is 24.2. The van der Waals surface area contributed by atoms with Gasteiger partial charge in [-0.3, -0.25) is 9.35 Å². The molecular formula is C38H75NO11S. The van der Waals surface area contributed by atoms with Crippen LogP contribution in [0.5, 0.6) is 0 Å². The average molecular weight is 754 g/mol. The Morgan fingerprint density at radius 3 is 1.57 bits per heavy atom.